The van der Waals surface area contributed by atoms with Gasteiger partial charge in [-0.05, 0) is 31.2 Å². The Balaban J connectivity index is 2.64. The zero-order valence-electron chi connectivity index (χ0n) is 9.90. The topological polar surface area (TPSA) is 47.6 Å². The molecule has 94 valence electrons. The molecule has 0 heterocycles. The first-order chi connectivity index (χ1) is 8.21. The van der Waals surface area contributed by atoms with E-state index in [1.54, 1.807) is 31.3 Å². The van der Waals surface area contributed by atoms with Gasteiger partial charge in [-0.2, -0.15) is 0 Å². The molecule has 17 heavy (non-hydrogen) atoms. The summed E-state index contributed by atoms with van der Waals surface area (Å²) in [5.74, 6) is 0.159. The molecule has 1 unspecified atom stereocenters. The molecule has 0 aliphatic carbocycles. The number of carbonyl (C=O) groups is 1. The molecule has 1 rings (SSSR count). The van der Waals surface area contributed by atoms with E-state index in [-0.39, 0.29) is 12.0 Å². The fourth-order valence-corrected chi connectivity index (χ4v) is 1.47. The second kappa shape index (κ2) is 6.85. The zero-order chi connectivity index (χ0) is 12.7. The maximum absolute atomic E-state index is 11.9. The molecule has 0 saturated carbocycles. The van der Waals surface area contributed by atoms with Crippen LogP contribution in [0.25, 0.3) is 0 Å². The van der Waals surface area contributed by atoms with Crippen LogP contribution < -0.4 is 10.1 Å². The SMILES string of the molecule is CNC(Cc1ccc(OCF)cc1)C(=O)OC. The van der Waals surface area contributed by atoms with E-state index in [0.717, 1.165) is 5.56 Å². The number of alkyl halides is 1. The van der Waals surface area contributed by atoms with Crippen molar-refractivity contribution >= 4 is 5.97 Å². The van der Waals surface area contributed by atoms with Crippen molar-refractivity contribution in [2.75, 3.05) is 21.0 Å². The van der Waals surface area contributed by atoms with Crippen molar-refractivity contribution in [3.8, 4) is 5.75 Å². The standard InChI is InChI=1S/C12H16FNO3/c1-14-11(12(15)16-2)7-9-3-5-10(6-4-9)17-8-13/h3-6,11,14H,7-8H2,1-2H3. The Labute approximate surface area is 99.7 Å². The number of benzene rings is 1. The van der Waals surface area contributed by atoms with Crippen molar-refractivity contribution in [1.82, 2.24) is 5.32 Å². The van der Waals surface area contributed by atoms with Crippen LogP contribution in [0.3, 0.4) is 0 Å². The molecule has 4 nitrogen and oxygen atoms in total. The van der Waals surface area contributed by atoms with Crippen LogP contribution in [0.5, 0.6) is 5.75 Å². The first kappa shape index (κ1) is 13.4. The second-order valence-electron chi connectivity index (χ2n) is 3.47. The van der Waals surface area contributed by atoms with Crippen LogP contribution >= 0.6 is 0 Å². The van der Waals surface area contributed by atoms with Crippen molar-refractivity contribution in [2.24, 2.45) is 0 Å². The normalized spacial score (nSPS) is 11.9. The van der Waals surface area contributed by atoms with Gasteiger partial charge in [0, 0.05) is 0 Å². The molecule has 1 aromatic rings. The lowest BCUT2D eigenvalue weighted by molar-refractivity contribution is -0.142. The van der Waals surface area contributed by atoms with Crippen LogP contribution in [-0.2, 0) is 16.0 Å². The molecule has 0 radical (unpaired) electrons. The molecule has 0 fully saturated rings. The number of nitrogens with one attached hydrogen (secondary N) is 1. The Morgan fingerprint density at radius 1 is 1.41 bits per heavy atom. The van der Waals surface area contributed by atoms with Gasteiger partial charge in [0.2, 0.25) is 6.86 Å². The van der Waals surface area contributed by atoms with E-state index < -0.39 is 6.86 Å². The number of hydrogen-bond acceptors (Lipinski definition) is 4. The number of methoxy groups -OCH3 is 1. The van der Waals surface area contributed by atoms with Gasteiger partial charge in [-0.15, -0.1) is 0 Å². The minimum atomic E-state index is -0.847. The number of hydrogen-bond donors (Lipinski definition) is 1. The van der Waals surface area contributed by atoms with Gasteiger partial charge in [0.15, 0.2) is 0 Å². The molecule has 1 atom stereocenters. The Morgan fingerprint density at radius 3 is 2.53 bits per heavy atom. The van der Waals surface area contributed by atoms with Gasteiger partial charge in [0.25, 0.3) is 0 Å². The number of esters is 1. The summed E-state index contributed by atoms with van der Waals surface area (Å²) >= 11 is 0. The van der Waals surface area contributed by atoms with Crippen LogP contribution in [0.15, 0.2) is 24.3 Å². The van der Waals surface area contributed by atoms with Gasteiger partial charge in [0.1, 0.15) is 11.8 Å². The lowest BCUT2D eigenvalue weighted by atomic mass is 10.1. The summed E-state index contributed by atoms with van der Waals surface area (Å²) in [6.07, 6.45) is 0.513. The molecule has 5 heteroatoms. The number of halogens is 1. The van der Waals surface area contributed by atoms with Gasteiger partial charge in [-0.25, -0.2) is 4.39 Å². The lowest BCUT2D eigenvalue weighted by Gasteiger charge is -2.13. The summed E-state index contributed by atoms with van der Waals surface area (Å²) < 4.78 is 21.3. The van der Waals surface area contributed by atoms with E-state index in [1.165, 1.54) is 7.11 Å². The van der Waals surface area contributed by atoms with Crippen LogP contribution in [0.2, 0.25) is 0 Å². The second-order valence-corrected chi connectivity index (χ2v) is 3.47. The number of ether oxygens (including phenoxy) is 2. The van der Waals surface area contributed by atoms with Crippen LogP contribution in [0.1, 0.15) is 5.56 Å². The fourth-order valence-electron chi connectivity index (χ4n) is 1.47. The van der Waals surface area contributed by atoms with Gasteiger partial charge in [0.05, 0.1) is 7.11 Å². The first-order valence-corrected chi connectivity index (χ1v) is 5.24. The summed E-state index contributed by atoms with van der Waals surface area (Å²) in [6, 6.07) is 6.53. The maximum atomic E-state index is 11.9. The van der Waals surface area contributed by atoms with E-state index in [0.29, 0.717) is 12.2 Å². The highest BCUT2D eigenvalue weighted by atomic mass is 19.1. The summed E-state index contributed by atoms with van der Waals surface area (Å²) in [7, 11) is 3.05. The minimum absolute atomic E-state index is 0.309. The van der Waals surface area contributed by atoms with Crippen molar-refractivity contribution < 1.29 is 18.7 Å². The van der Waals surface area contributed by atoms with E-state index in [4.69, 9.17) is 0 Å². The molecule has 1 N–H and O–H groups in total. The highest BCUT2D eigenvalue weighted by Gasteiger charge is 2.16. The van der Waals surface area contributed by atoms with E-state index in [2.05, 4.69) is 14.8 Å². The van der Waals surface area contributed by atoms with Crippen LogP contribution in [0.4, 0.5) is 4.39 Å². The highest BCUT2D eigenvalue weighted by Crippen LogP contribution is 2.13. The van der Waals surface area contributed by atoms with E-state index in [1.807, 2.05) is 0 Å². The molecular weight excluding hydrogens is 225 g/mol. The average molecular weight is 241 g/mol. The molecule has 0 aliphatic heterocycles. The molecule has 0 amide bonds. The minimum Gasteiger partial charge on any atom is -0.468 e. The van der Waals surface area contributed by atoms with E-state index >= 15 is 0 Å². The predicted molar refractivity (Wildman–Crippen MR) is 61.6 cm³/mol. The fraction of sp³-hybridized carbons (Fsp3) is 0.417. The van der Waals surface area contributed by atoms with Gasteiger partial charge < -0.3 is 14.8 Å². The number of carbonyl (C=O) groups excluding carboxylic acids is 1. The van der Waals surface area contributed by atoms with Gasteiger partial charge >= 0.3 is 5.97 Å². The molecule has 0 aromatic heterocycles. The van der Waals surface area contributed by atoms with Crippen molar-refractivity contribution in [3.05, 3.63) is 29.8 Å². The lowest BCUT2D eigenvalue weighted by Crippen LogP contribution is -2.36. The van der Waals surface area contributed by atoms with Crippen molar-refractivity contribution in [3.63, 3.8) is 0 Å². The third-order valence-corrected chi connectivity index (χ3v) is 2.42. The Morgan fingerprint density at radius 2 is 2.06 bits per heavy atom. The van der Waals surface area contributed by atoms with E-state index in [9.17, 15) is 9.18 Å². The molecule has 0 saturated heterocycles. The zero-order valence-corrected chi connectivity index (χ0v) is 9.90. The Bertz CT molecular complexity index is 353. The molecule has 0 bridgehead atoms. The summed E-state index contributed by atoms with van der Waals surface area (Å²) in [6.45, 7) is -0.847. The number of rotatable bonds is 6. The third kappa shape index (κ3) is 4.03. The molecule has 0 spiro atoms. The van der Waals surface area contributed by atoms with Gasteiger partial charge in [-0.3, -0.25) is 4.79 Å². The monoisotopic (exact) mass is 241 g/mol. The molecular formula is C12H16FNO3. The Hall–Kier alpha value is -1.62. The molecule has 0 aliphatic rings. The maximum Gasteiger partial charge on any atom is 0.323 e. The quantitative estimate of drug-likeness (QED) is 0.762. The largest absolute Gasteiger partial charge is 0.468 e. The highest BCUT2D eigenvalue weighted by molar-refractivity contribution is 5.76. The summed E-state index contributed by atoms with van der Waals surface area (Å²) in [5.41, 5.74) is 0.945. The summed E-state index contributed by atoms with van der Waals surface area (Å²) in [4.78, 5) is 11.4. The van der Waals surface area contributed by atoms with Crippen LogP contribution in [0, 0.1) is 0 Å². The van der Waals surface area contributed by atoms with Gasteiger partial charge in [-0.1, -0.05) is 12.1 Å². The molecule has 1 aromatic carbocycles. The summed E-state index contributed by atoms with van der Waals surface area (Å²) in [5, 5.41) is 2.88. The van der Waals surface area contributed by atoms with Crippen molar-refractivity contribution in [2.45, 2.75) is 12.5 Å². The van der Waals surface area contributed by atoms with Crippen LogP contribution in [-0.4, -0.2) is 33.0 Å². The predicted octanol–water partition coefficient (Wildman–Crippen LogP) is 1.30. The van der Waals surface area contributed by atoms with Crippen molar-refractivity contribution in [1.29, 1.82) is 0 Å². The average Bonchev–Trinajstić information content (AvgIpc) is 2.37. The number of likely N-dealkylation sites (N-methyl/N-ethyl adjacent to an activating group) is 1. The third-order valence-electron chi connectivity index (χ3n) is 2.42. The first-order valence-electron chi connectivity index (χ1n) is 5.24. The smallest absolute Gasteiger partial charge is 0.323 e. The Kier molecular flexibility index (Phi) is 5.42.